The monoisotopic (exact) mass is 593 g/mol. The predicted molar refractivity (Wildman–Crippen MR) is 152 cm³/mol. The minimum atomic E-state index is -3.95. The molecule has 42 heavy (non-hydrogen) atoms. The number of aryl methyl sites for hydroxylation is 1. The van der Waals surface area contributed by atoms with Gasteiger partial charge >= 0.3 is 5.97 Å². The van der Waals surface area contributed by atoms with Crippen molar-refractivity contribution in [2.75, 3.05) is 13.2 Å². The Morgan fingerprint density at radius 2 is 1.64 bits per heavy atom. The molecule has 3 aromatic carbocycles. The number of allylic oxidation sites excluding steroid dienone is 1. The number of nitrogens with one attached hydrogen (secondary N) is 1. The molecule has 1 aliphatic heterocycles. The number of sulfonamides is 1. The summed E-state index contributed by atoms with van der Waals surface area (Å²) in [4.78, 5) is 25.7. The van der Waals surface area contributed by atoms with E-state index in [0.717, 1.165) is 29.5 Å². The molecule has 3 aromatic rings. The largest absolute Gasteiger partial charge is 0.455 e. The summed E-state index contributed by atoms with van der Waals surface area (Å²) in [7, 11) is -3.95. The highest BCUT2D eigenvalue weighted by molar-refractivity contribution is 7.89. The second kappa shape index (κ2) is 12.3. The van der Waals surface area contributed by atoms with Gasteiger partial charge in [-0.3, -0.25) is 9.59 Å². The van der Waals surface area contributed by atoms with E-state index in [9.17, 15) is 26.8 Å². The van der Waals surface area contributed by atoms with Gasteiger partial charge in [0.15, 0.2) is 6.61 Å². The first-order valence-electron chi connectivity index (χ1n) is 13.5. The fraction of sp³-hybridized carbons (Fsp3) is 0.258. The lowest BCUT2D eigenvalue weighted by Gasteiger charge is -2.29. The van der Waals surface area contributed by atoms with Crippen molar-refractivity contribution in [3.63, 3.8) is 0 Å². The molecule has 1 saturated carbocycles. The maximum absolute atomic E-state index is 13.7. The number of rotatable bonds is 8. The molecule has 2 atom stereocenters. The first kappa shape index (κ1) is 29.3. The first-order chi connectivity index (χ1) is 20.1. The molecule has 1 fully saturated rings. The van der Waals surface area contributed by atoms with E-state index in [-0.39, 0.29) is 16.6 Å². The highest BCUT2D eigenvalue weighted by atomic mass is 32.2. The molecular formula is C31H29F2N3O5S. The number of carbonyl (C=O) groups excluding carboxylic acids is 2. The van der Waals surface area contributed by atoms with Crippen molar-refractivity contribution < 1.29 is 31.5 Å². The maximum Gasteiger partial charge on any atom is 0.321 e. The van der Waals surface area contributed by atoms with Crippen molar-refractivity contribution >= 4 is 33.7 Å². The number of hydrazone groups is 1. The van der Waals surface area contributed by atoms with Crippen molar-refractivity contribution in [2.24, 2.45) is 11.0 Å². The number of ether oxygens (including phenoxy) is 1. The molecule has 0 aromatic heterocycles. The van der Waals surface area contributed by atoms with Gasteiger partial charge in [-0.05, 0) is 85.4 Å². The molecule has 0 bridgehead atoms. The van der Waals surface area contributed by atoms with Gasteiger partial charge in [0, 0.05) is 5.92 Å². The lowest BCUT2D eigenvalue weighted by molar-refractivity contribution is -0.152. The van der Waals surface area contributed by atoms with Crippen LogP contribution in [0.5, 0.6) is 0 Å². The molecule has 1 amide bonds. The van der Waals surface area contributed by atoms with Crippen molar-refractivity contribution in [1.29, 1.82) is 0 Å². The Morgan fingerprint density at radius 3 is 2.31 bits per heavy atom. The van der Waals surface area contributed by atoms with Gasteiger partial charge in [0.1, 0.15) is 18.2 Å². The normalized spacial score (nSPS) is 19.4. The third kappa shape index (κ3) is 6.63. The maximum atomic E-state index is 13.7. The summed E-state index contributed by atoms with van der Waals surface area (Å²) < 4.78 is 59.4. The van der Waals surface area contributed by atoms with E-state index in [4.69, 9.17) is 4.74 Å². The van der Waals surface area contributed by atoms with Crippen molar-refractivity contribution in [3.05, 3.63) is 107 Å². The number of benzene rings is 3. The summed E-state index contributed by atoms with van der Waals surface area (Å²) in [5.74, 6) is -2.49. The zero-order chi connectivity index (χ0) is 29.9. The number of amides is 1. The van der Waals surface area contributed by atoms with Gasteiger partial charge in [-0.1, -0.05) is 42.0 Å². The molecule has 0 spiro atoms. The number of carbonyl (C=O) groups is 2. The van der Waals surface area contributed by atoms with E-state index in [2.05, 4.69) is 9.82 Å². The summed E-state index contributed by atoms with van der Waals surface area (Å²) in [6.45, 7) is 0.497. The highest BCUT2D eigenvalue weighted by Gasteiger charge is 2.43. The van der Waals surface area contributed by atoms with Crippen LogP contribution in [0.25, 0.3) is 6.08 Å². The van der Waals surface area contributed by atoms with E-state index in [1.807, 2.05) is 13.0 Å². The zero-order valence-corrected chi connectivity index (χ0v) is 23.6. The molecule has 8 nitrogen and oxygen atoms in total. The van der Waals surface area contributed by atoms with Crippen LogP contribution in [0.1, 0.15) is 42.0 Å². The molecule has 0 unspecified atom stereocenters. The number of esters is 1. The Kier molecular flexibility index (Phi) is 8.60. The summed E-state index contributed by atoms with van der Waals surface area (Å²) in [6.07, 6.45) is 4.18. The van der Waals surface area contributed by atoms with E-state index in [1.54, 1.807) is 36.4 Å². The number of hydrogen-bond donors (Lipinski definition) is 1. The van der Waals surface area contributed by atoms with Gasteiger partial charge in [-0.2, -0.15) is 9.82 Å². The van der Waals surface area contributed by atoms with E-state index in [1.165, 1.54) is 41.4 Å². The molecule has 2 aliphatic rings. The Hall–Kier alpha value is -4.22. The van der Waals surface area contributed by atoms with Crippen LogP contribution in [-0.2, 0) is 24.3 Å². The molecule has 1 heterocycles. The fourth-order valence-corrected chi connectivity index (χ4v) is 6.14. The Labute approximate surface area is 242 Å². The average Bonchev–Trinajstić information content (AvgIpc) is 3.37. The van der Waals surface area contributed by atoms with Gasteiger partial charge in [0.05, 0.1) is 16.6 Å². The number of hydrogen-bond acceptors (Lipinski definition) is 6. The summed E-state index contributed by atoms with van der Waals surface area (Å²) in [5, 5.41) is 5.92. The van der Waals surface area contributed by atoms with E-state index in [0.29, 0.717) is 17.7 Å². The van der Waals surface area contributed by atoms with Crippen LogP contribution in [0.2, 0.25) is 0 Å². The number of fused-ring (bicyclic) bond motifs is 1. The molecule has 11 heteroatoms. The van der Waals surface area contributed by atoms with Crippen molar-refractivity contribution in [1.82, 2.24) is 9.73 Å². The van der Waals surface area contributed by atoms with Gasteiger partial charge < -0.3 is 4.74 Å². The molecule has 0 saturated heterocycles. The molecule has 1 N–H and O–H groups in total. The average molecular weight is 594 g/mol. The van der Waals surface area contributed by atoms with Crippen LogP contribution in [0.4, 0.5) is 8.78 Å². The standard InChI is InChI=1S/C31H29F2N3O5S/c1-20-5-15-26(16-6-20)42(39,40)34-18-29(38)41-19-28(37)36-31(22-9-13-25(33)14-10-22)27-4-2-3-23(30(27)35-36)17-21-7-11-24(32)12-8-21/h5-17,27,31,34H,2-4,18-19H2,1H3/b23-17-/t27-,31-/m0/s1. The fourth-order valence-electron chi connectivity index (χ4n) is 5.17. The van der Waals surface area contributed by atoms with Crippen LogP contribution in [0.15, 0.2) is 88.4 Å². The lowest BCUT2D eigenvalue weighted by atomic mass is 9.77. The first-order valence-corrected chi connectivity index (χ1v) is 14.9. The topological polar surface area (TPSA) is 105 Å². The van der Waals surface area contributed by atoms with Crippen LogP contribution in [0.3, 0.4) is 0 Å². The summed E-state index contributed by atoms with van der Waals surface area (Å²) >= 11 is 0. The van der Waals surface area contributed by atoms with Gasteiger partial charge in [-0.25, -0.2) is 22.2 Å². The van der Waals surface area contributed by atoms with Crippen LogP contribution in [0, 0.1) is 24.5 Å². The third-order valence-electron chi connectivity index (χ3n) is 7.27. The number of halogens is 2. The predicted octanol–water partition coefficient (Wildman–Crippen LogP) is 4.92. The van der Waals surface area contributed by atoms with E-state index >= 15 is 0 Å². The molecule has 1 aliphatic carbocycles. The SMILES string of the molecule is Cc1ccc(S(=O)(=O)NCC(=O)OCC(=O)N2N=C3/C(=C\c4ccc(F)cc4)CCC[C@@H]3[C@@H]2c2ccc(F)cc2)cc1. The minimum Gasteiger partial charge on any atom is -0.455 e. The molecule has 5 rings (SSSR count). The van der Waals surface area contributed by atoms with Crippen molar-refractivity contribution in [3.8, 4) is 0 Å². The van der Waals surface area contributed by atoms with E-state index < -0.39 is 46.9 Å². The summed E-state index contributed by atoms with van der Waals surface area (Å²) in [5.41, 5.74) is 3.95. The second-order valence-corrected chi connectivity index (χ2v) is 12.0. The molecular weight excluding hydrogens is 564 g/mol. The third-order valence-corrected chi connectivity index (χ3v) is 8.69. The Bertz CT molecular complexity index is 1640. The van der Waals surface area contributed by atoms with Gasteiger partial charge in [0.2, 0.25) is 10.0 Å². The highest BCUT2D eigenvalue weighted by Crippen LogP contribution is 2.44. The number of nitrogens with zero attached hydrogens (tertiary/aromatic N) is 2. The minimum absolute atomic E-state index is 0.000825. The molecule has 0 radical (unpaired) electrons. The molecule has 218 valence electrons. The quantitative estimate of drug-likeness (QED) is 0.374. The lowest BCUT2D eigenvalue weighted by Crippen LogP contribution is -2.36. The summed E-state index contributed by atoms with van der Waals surface area (Å²) in [6, 6.07) is 17.5. The second-order valence-electron chi connectivity index (χ2n) is 10.2. The smallest absolute Gasteiger partial charge is 0.321 e. The van der Waals surface area contributed by atoms with Gasteiger partial charge in [-0.15, -0.1) is 0 Å². The van der Waals surface area contributed by atoms with Crippen LogP contribution < -0.4 is 4.72 Å². The van der Waals surface area contributed by atoms with Crippen LogP contribution >= 0.6 is 0 Å². The zero-order valence-electron chi connectivity index (χ0n) is 22.8. The van der Waals surface area contributed by atoms with Crippen molar-refractivity contribution in [2.45, 2.75) is 37.1 Å². The van der Waals surface area contributed by atoms with Crippen LogP contribution in [-0.4, -0.2) is 44.2 Å². The Balaban J connectivity index is 1.32. The Morgan fingerprint density at radius 1 is 1.00 bits per heavy atom. The van der Waals surface area contributed by atoms with Gasteiger partial charge in [0.25, 0.3) is 5.91 Å².